The lowest BCUT2D eigenvalue weighted by molar-refractivity contribution is 0.169. The minimum Gasteiger partial charge on any atom is -0.486 e. The summed E-state index contributed by atoms with van der Waals surface area (Å²) in [6.45, 7) is 3.51. The second-order valence-electron chi connectivity index (χ2n) is 5.12. The Morgan fingerprint density at radius 2 is 2.11 bits per heavy atom. The van der Waals surface area contributed by atoms with Crippen LogP contribution in [0.15, 0.2) is 6.07 Å². The predicted octanol–water partition coefficient (Wildman–Crippen LogP) is 4.52. The maximum absolute atomic E-state index is 6.41. The molecule has 1 heterocycles. The minimum atomic E-state index is 0.305. The topological polar surface area (TPSA) is 18.5 Å². The maximum Gasteiger partial charge on any atom is 0.166 e. The number of ether oxygens (including phenoxy) is 2. The fourth-order valence-electron chi connectivity index (χ4n) is 2.78. The molecule has 0 spiro atoms. The van der Waals surface area contributed by atoms with Gasteiger partial charge in [0.15, 0.2) is 11.5 Å². The van der Waals surface area contributed by atoms with Crippen LogP contribution < -0.4 is 9.47 Å². The summed E-state index contributed by atoms with van der Waals surface area (Å²) >= 11 is 10.2. The fraction of sp³-hybridized carbons (Fsp3) is 0.571. The first kappa shape index (κ1) is 12.6. The molecule has 0 bridgehead atoms. The van der Waals surface area contributed by atoms with Gasteiger partial charge in [0.2, 0.25) is 0 Å². The smallest absolute Gasteiger partial charge is 0.166 e. The van der Waals surface area contributed by atoms with Crippen LogP contribution in [0.2, 0.25) is 5.02 Å². The number of hydrogen-bond acceptors (Lipinski definition) is 2. The molecule has 0 amide bonds. The molecule has 18 heavy (non-hydrogen) atoms. The van der Waals surface area contributed by atoms with E-state index in [1.807, 2.05) is 6.07 Å². The molecule has 0 N–H and O–H groups in total. The summed E-state index contributed by atoms with van der Waals surface area (Å²) in [5.74, 6) is 2.39. The van der Waals surface area contributed by atoms with Gasteiger partial charge in [-0.1, -0.05) is 34.5 Å². The van der Waals surface area contributed by atoms with Crippen LogP contribution >= 0.6 is 27.5 Å². The van der Waals surface area contributed by atoms with Crippen LogP contribution in [0.3, 0.4) is 0 Å². The van der Waals surface area contributed by atoms with Crippen LogP contribution in [0, 0.1) is 5.92 Å². The van der Waals surface area contributed by atoms with Crippen LogP contribution in [0.5, 0.6) is 11.5 Å². The van der Waals surface area contributed by atoms with E-state index in [-0.39, 0.29) is 0 Å². The van der Waals surface area contributed by atoms with Crippen molar-refractivity contribution in [2.45, 2.75) is 31.0 Å². The molecule has 0 saturated heterocycles. The van der Waals surface area contributed by atoms with Gasteiger partial charge < -0.3 is 9.47 Å². The van der Waals surface area contributed by atoms with Crippen molar-refractivity contribution in [3.63, 3.8) is 0 Å². The summed E-state index contributed by atoms with van der Waals surface area (Å²) in [6.07, 6.45) is 3.31. The van der Waals surface area contributed by atoms with Crippen LogP contribution in [-0.4, -0.2) is 13.2 Å². The molecule has 2 atom stereocenters. The molecule has 1 aliphatic carbocycles. The number of benzene rings is 1. The van der Waals surface area contributed by atoms with Crippen molar-refractivity contribution >= 4 is 27.5 Å². The van der Waals surface area contributed by atoms with E-state index in [4.69, 9.17) is 21.1 Å². The number of fused-ring (bicyclic) bond motifs is 3. The molecule has 98 valence electrons. The molecule has 1 aromatic rings. The highest BCUT2D eigenvalue weighted by molar-refractivity contribution is 9.09. The van der Waals surface area contributed by atoms with Gasteiger partial charge in [-0.3, -0.25) is 0 Å². The molecule has 2 unspecified atom stereocenters. The lowest BCUT2D eigenvalue weighted by Crippen LogP contribution is -2.17. The second-order valence-corrected chi connectivity index (χ2v) is 6.63. The molecule has 2 nitrogen and oxygen atoms in total. The number of halogens is 2. The molecule has 1 aromatic carbocycles. The summed E-state index contributed by atoms with van der Waals surface area (Å²) < 4.78 is 11.5. The first-order chi connectivity index (χ1) is 8.66. The van der Waals surface area contributed by atoms with Crippen LogP contribution in [0.1, 0.15) is 35.7 Å². The van der Waals surface area contributed by atoms with E-state index in [0.29, 0.717) is 24.0 Å². The normalized spacial score (nSPS) is 26.4. The molecule has 0 fully saturated rings. The van der Waals surface area contributed by atoms with Crippen LogP contribution in [-0.2, 0) is 6.42 Å². The molecule has 2 aliphatic rings. The van der Waals surface area contributed by atoms with Gasteiger partial charge in [0, 0.05) is 21.5 Å². The Bertz CT molecular complexity index is 475. The molecule has 4 heteroatoms. The number of alkyl halides is 1. The quantitative estimate of drug-likeness (QED) is 0.514. The Morgan fingerprint density at radius 3 is 2.94 bits per heavy atom. The van der Waals surface area contributed by atoms with Crippen LogP contribution in [0.4, 0.5) is 0 Å². The van der Waals surface area contributed by atoms with Gasteiger partial charge in [-0.05, 0) is 30.7 Å². The van der Waals surface area contributed by atoms with Crippen molar-refractivity contribution in [3.05, 3.63) is 22.2 Å². The SMILES string of the molecule is CC1CCc2c(Cl)cc3c(c2C(Br)C1)OCCO3. The van der Waals surface area contributed by atoms with E-state index in [1.165, 1.54) is 17.5 Å². The van der Waals surface area contributed by atoms with Crippen molar-refractivity contribution < 1.29 is 9.47 Å². The monoisotopic (exact) mass is 330 g/mol. The van der Waals surface area contributed by atoms with Gasteiger partial charge in [0.1, 0.15) is 13.2 Å². The Morgan fingerprint density at radius 1 is 1.33 bits per heavy atom. The first-order valence-electron chi connectivity index (χ1n) is 6.41. The van der Waals surface area contributed by atoms with Gasteiger partial charge in [0.05, 0.1) is 0 Å². The fourth-order valence-corrected chi connectivity index (χ4v) is 4.20. The standard InChI is InChI=1S/C14H16BrClO2/c1-8-2-3-9-11(16)7-12-14(18-5-4-17-12)13(9)10(15)6-8/h7-8,10H,2-6H2,1H3. The third kappa shape index (κ3) is 2.12. The molecular formula is C14H16BrClO2. The Hall–Kier alpha value is -0.410. The van der Waals surface area contributed by atoms with Crippen LogP contribution in [0.25, 0.3) is 0 Å². The Kier molecular flexibility index (Phi) is 3.46. The predicted molar refractivity (Wildman–Crippen MR) is 76.2 cm³/mol. The summed E-state index contributed by atoms with van der Waals surface area (Å²) in [5, 5.41) is 0.813. The van der Waals surface area contributed by atoms with Crippen molar-refractivity contribution in [3.8, 4) is 11.5 Å². The lowest BCUT2D eigenvalue weighted by Gasteiger charge is -2.25. The minimum absolute atomic E-state index is 0.305. The summed E-state index contributed by atoms with van der Waals surface area (Å²) in [4.78, 5) is 0.305. The molecule has 0 saturated carbocycles. The van der Waals surface area contributed by atoms with Gasteiger partial charge in [-0.25, -0.2) is 0 Å². The summed E-state index contributed by atoms with van der Waals surface area (Å²) in [7, 11) is 0. The lowest BCUT2D eigenvalue weighted by atomic mass is 10.0. The largest absolute Gasteiger partial charge is 0.486 e. The molecule has 3 rings (SSSR count). The summed E-state index contributed by atoms with van der Waals surface area (Å²) in [6, 6.07) is 1.91. The van der Waals surface area contributed by atoms with Gasteiger partial charge in [0.25, 0.3) is 0 Å². The van der Waals surface area contributed by atoms with E-state index < -0.39 is 0 Å². The third-order valence-corrected chi connectivity index (χ3v) is 4.91. The van der Waals surface area contributed by atoms with Gasteiger partial charge in [-0.2, -0.15) is 0 Å². The Balaban J connectivity index is 2.16. The zero-order valence-corrected chi connectivity index (χ0v) is 12.7. The number of rotatable bonds is 0. The Labute approximate surface area is 121 Å². The highest BCUT2D eigenvalue weighted by atomic mass is 79.9. The van der Waals surface area contributed by atoms with Crippen molar-refractivity contribution in [1.82, 2.24) is 0 Å². The van der Waals surface area contributed by atoms with Crippen molar-refractivity contribution in [2.24, 2.45) is 5.92 Å². The first-order valence-corrected chi connectivity index (χ1v) is 7.71. The van der Waals surface area contributed by atoms with E-state index >= 15 is 0 Å². The van der Waals surface area contributed by atoms with E-state index in [1.54, 1.807) is 0 Å². The number of hydrogen-bond donors (Lipinski definition) is 0. The maximum atomic E-state index is 6.41. The average Bonchev–Trinajstić information content (AvgIpc) is 2.49. The molecule has 1 aliphatic heterocycles. The van der Waals surface area contributed by atoms with E-state index in [2.05, 4.69) is 22.9 Å². The van der Waals surface area contributed by atoms with E-state index in [0.717, 1.165) is 29.4 Å². The second kappa shape index (κ2) is 4.93. The zero-order chi connectivity index (χ0) is 12.7. The molecule has 0 radical (unpaired) electrons. The third-order valence-electron chi connectivity index (χ3n) is 3.74. The van der Waals surface area contributed by atoms with Gasteiger partial charge in [-0.15, -0.1) is 0 Å². The average molecular weight is 332 g/mol. The van der Waals surface area contributed by atoms with Gasteiger partial charge >= 0.3 is 0 Å². The summed E-state index contributed by atoms with van der Waals surface area (Å²) in [5.41, 5.74) is 2.44. The highest BCUT2D eigenvalue weighted by Crippen LogP contribution is 2.49. The zero-order valence-electron chi connectivity index (χ0n) is 10.3. The van der Waals surface area contributed by atoms with Crippen molar-refractivity contribution in [1.29, 1.82) is 0 Å². The highest BCUT2D eigenvalue weighted by Gasteiger charge is 2.29. The van der Waals surface area contributed by atoms with E-state index in [9.17, 15) is 0 Å². The van der Waals surface area contributed by atoms with Crippen molar-refractivity contribution in [2.75, 3.05) is 13.2 Å². The molecule has 0 aromatic heterocycles. The molecular weight excluding hydrogens is 316 g/mol.